The Morgan fingerprint density at radius 3 is 2.53 bits per heavy atom. The first-order valence-electron chi connectivity index (χ1n) is 11.9. The molecular weight excluding hydrogens is 427 g/mol. The van der Waals surface area contributed by atoms with Crippen molar-refractivity contribution in [2.45, 2.75) is 25.7 Å². The van der Waals surface area contributed by atoms with Crippen molar-refractivity contribution in [2.75, 3.05) is 33.2 Å². The maximum atomic E-state index is 13.2. The van der Waals surface area contributed by atoms with Crippen LogP contribution in [0.4, 0.5) is 4.39 Å². The van der Waals surface area contributed by atoms with Gasteiger partial charge in [0.15, 0.2) is 6.29 Å². The van der Waals surface area contributed by atoms with Crippen molar-refractivity contribution in [1.82, 2.24) is 9.80 Å². The molecule has 2 aliphatic rings. The number of hydrogen-bond acceptors (Lipinski definition) is 3. The molecule has 0 N–H and O–H groups in total. The molecule has 0 bridgehead atoms. The van der Waals surface area contributed by atoms with E-state index in [-0.39, 0.29) is 11.7 Å². The molecule has 2 aromatic carbocycles. The highest BCUT2D eigenvalue weighted by atomic mass is 19.1. The highest BCUT2D eigenvalue weighted by molar-refractivity contribution is 6.02. The lowest BCUT2D eigenvalue weighted by molar-refractivity contribution is 0.0793. The van der Waals surface area contributed by atoms with Crippen molar-refractivity contribution in [3.05, 3.63) is 94.9 Å². The maximum absolute atomic E-state index is 13.2. The number of carbonyl (C=O) groups excluding carboxylic acids is 2. The number of likely N-dealkylation sites (tertiary alicyclic amines) is 1. The monoisotopic (exact) mass is 458 g/mol. The molecule has 0 spiro atoms. The predicted octanol–water partition coefficient (Wildman–Crippen LogP) is 5.68. The first kappa shape index (κ1) is 23.8. The van der Waals surface area contributed by atoms with Gasteiger partial charge < -0.3 is 4.90 Å². The van der Waals surface area contributed by atoms with Crippen LogP contribution < -0.4 is 0 Å². The number of halogens is 1. The molecule has 1 fully saturated rings. The average Bonchev–Trinajstić information content (AvgIpc) is 3.27. The minimum Gasteiger partial charge on any atom is -0.341 e. The van der Waals surface area contributed by atoms with Gasteiger partial charge in [-0.05, 0) is 79.7 Å². The summed E-state index contributed by atoms with van der Waals surface area (Å²) >= 11 is 0. The van der Waals surface area contributed by atoms with Crippen LogP contribution in [0, 0.1) is 5.82 Å². The lowest BCUT2D eigenvalue weighted by Gasteiger charge is -2.19. The van der Waals surface area contributed by atoms with Gasteiger partial charge in [-0.2, -0.15) is 0 Å². The molecule has 0 radical (unpaired) electrons. The van der Waals surface area contributed by atoms with Crippen LogP contribution in [-0.4, -0.2) is 55.2 Å². The lowest BCUT2D eigenvalue weighted by atomic mass is 9.99. The van der Waals surface area contributed by atoms with Gasteiger partial charge in [-0.25, -0.2) is 4.39 Å². The molecule has 176 valence electrons. The largest absolute Gasteiger partial charge is 0.341 e. The third-order valence-corrected chi connectivity index (χ3v) is 6.55. The van der Waals surface area contributed by atoms with E-state index in [0.717, 1.165) is 30.5 Å². The minimum absolute atomic E-state index is 0.178. The number of rotatable bonds is 8. The quantitative estimate of drug-likeness (QED) is 0.478. The van der Waals surface area contributed by atoms with Crippen LogP contribution in [0.2, 0.25) is 0 Å². The molecule has 4 nitrogen and oxygen atoms in total. The molecule has 1 saturated heterocycles. The first-order chi connectivity index (χ1) is 16.5. The average molecular weight is 459 g/mol. The number of carbonyl (C=O) groups is 2. The van der Waals surface area contributed by atoms with Crippen LogP contribution in [0.5, 0.6) is 0 Å². The van der Waals surface area contributed by atoms with E-state index in [4.69, 9.17) is 0 Å². The molecule has 0 unspecified atom stereocenters. The second kappa shape index (κ2) is 11.2. The van der Waals surface area contributed by atoms with Crippen molar-refractivity contribution < 1.29 is 14.0 Å². The van der Waals surface area contributed by atoms with E-state index >= 15 is 0 Å². The summed E-state index contributed by atoms with van der Waals surface area (Å²) in [6.45, 7) is 3.94. The van der Waals surface area contributed by atoms with E-state index in [1.54, 1.807) is 42.3 Å². The van der Waals surface area contributed by atoms with Crippen molar-refractivity contribution in [3.8, 4) is 11.1 Å². The zero-order valence-electron chi connectivity index (χ0n) is 19.7. The van der Waals surface area contributed by atoms with Crippen LogP contribution in [0.1, 0.15) is 46.4 Å². The zero-order valence-corrected chi connectivity index (χ0v) is 19.7. The summed E-state index contributed by atoms with van der Waals surface area (Å²) in [7, 11) is 1.77. The summed E-state index contributed by atoms with van der Waals surface area (Å²) in [5.74, 6) is -0.492. The number of benzene rings is 2. The predicted molar refractivity (Wildman–Crippen MR) is 134 cm³/mol. The number of nitrogens with zero attached hydrogens (tertiary/aromatic N) is 2. The van der Waals surface area contributed by atoms with Crippen LogP contribution >= 0.6 is 0 Å². The summed E-state index contributed by atoms with van der Waals surface area (Å²) in [4.78, 5) is 29.0. The fourth-order valence-corrected chi connectivity index (χ4v) is 4.50. The lowest BCUT2D eigenvalue weighted by Crippen LogP contribution is -2.28. The SMILES string of the molecule is CN(CCC1=CC=C(CN2CCCC2)C=CC1)C(=O)c1ccc(-c2ccc(F)cc2)cc1C=O. The second-order valence-electron chi connectivity index (χ2n) is 9.06. The molecule has 0 saturated carbocycles. The number of amides is 1. The summed E-state index contributed by atoms with van der Waals surface area (Å²) < 4.78 is 13.2. The number of allylic oxidation sites excluding steroid dienone is 3. The Kier molecular flexibility index (Phi) is 7.86. The molecule has 1 heterocycles. The van der Waals surface area contributed by atoms with Gasteiger partial charge in [-0.15, -0.1) is 0 Å². The topological polar surface area (TPSA) is 40.6 Å². The molecule has 1 aliphatic heterocycles. The molecule has 1 aliphatic carbocycles. The van der Waals surface area contributed by atoms with Gasteiger partial charge >= 0.3 is 0 Å². The third kappa shape index (κ3) is 5.97. The minimum atomic E-state index is -0.314. The Morgan fingerprint density at radius 2 is 1.79 bits per heavy atom. The molecule has 4 rings (SSSR count). The molecule has 0 atom stereocenters. The van der Waals surface area contributed by atoms with Gasteiger partial charge in [0.25, 0.3) is 5.91 Å². The number of aldehydes is 1. The summed E-state index contributed by atoms with van der Waals surface area (Å²) in [6, 6.07) is 11.2. The van der Waals surface area contributed by atoms with Crippen molar-refractivity contribution in [3.63, 3.8) is 0 Å². The molecular formula is C29H31FN2O2. The van der Waals surface area contributed by atoms with Crippen LogP contribution in [0.15, 0.2) is 77.9 Å². The van der Waals surface area contributed by atoms with Crippen LogP contribution in [-0.2, 0) is 0 Å². The Hall–Kier alpha value is -3.31. The van der Waals surface area contributed by atoms with Gasteiger partial charge in [0.05, 0.1) is 5.56 Å². The van der Waals surface area contributed by atoms with E-state index in [2.05, 4.69) is 29.2 Å². The normalized spacial score (nSPS) is 16.1. The van der Waals surface area contributed by atoms with Gasteiger partial charge in [-0.3, -0.25) is 14.5 Å². The number of hydrogen-bond donors (Lipinski definition) is 0. The van der Waals surface area contributed by atoms with Gasteiger partial charge in [0, 0.05) is 25.7 Å². The highest BCUT2D eigenvalue weighted by Gasteiger charge is 2.17. The van der Waals surface area contributed by atoms with E-state index in [1.165, 1.54) is 49.2 Å². The fraction of sp³-hybridized carbons (Fsp3) is 0.310. The smallest absolute Gasteiger partial charge is 0.254 e. The van der Waals surface area contributed by atoms with E-state index in [1.807, 2.05) is 0 Å². The Balaban J connectivity index is 1.39. The standard InChI is InChI=1S/C29H31FN2O2/c1-31(18-15-22-5-4-6-23(8-7-22)20-32-16-2-3-17-32)29(34)28-14-11-25(19-26(28)21-33)24-9-12-27(30)13-10-24/h4,6-14,19,21H,2-3,5,15-18,20H2,1H3. The summed E-state index contributed by atoms with van der Waals surface area (Å²) in [5, 5.41) is 0. The molecule has 1 amide bonds. The Bertz CT molecular complexity index is 1130. The van der Waals surface area contributed by atoms with Gasteiger partial charge in [0.2, 0.25) is 0 Å². The maximum Gasteiger partial charge on any atom is 0.254 e. The van der Waals surface area contributed by atoms with Crippen LogP contribution in [0.25, 0.3) is 11.1 Å². The van der Waals surface area contributed by atoms with E-state index in [0.29, 0.717) is 24.0 Å². The first-order valence-corrected chi connectivity index (χ1v) is 11.9. The molecule has 0 aromatic heterocycles. The van der Waals surface area contributed by atoms with Crippen molar-refractivity contribution >= 4 is 12.2 Å². The molecule has 34 heavy (non-hydrogen) atoms. The van der Waals surface area contributed by atoms with E-state index < -0.39 is 0 Å². The molecule has 5 heteroatoms. The molecule has 2 aromatic rings. The Labute approximate surface area is 201 Å². The zero-order chi connectivity index (χ0) is 23.9. The van der Waals surface area contributed by atoms with Crippen LogP contribution in [0.3, 0.4) is 0 Å². The highest BCUT2D eigenvalue weighted by Crippen LogP contribution is 2.24. The van der Waals surface area contributed by atoms with Crippen molar-refractivity contribution in [1.29, 1.82) is 0 Å². The Morgan fingerprint density at radius 1 is 1.06 bits per heavy atom. The second-order valence-corrected chi connectivity index (χ2v) is 9.06. The van der Waals surface area contributed by atoms with Crippen molar-refractivity contribution in [2.24, 2.45) is 0 Å². The van der Waals surface area contributed by atoms with Gasteiger partial charge in [0.1, 0.15) is 5.82 Å². The van der Waals surface area contributed by atoms with Gasteiger partial charge in [-0.1, -0.05) is 48.1 Å². The summed E-state index contributed by atoms with van der Waals surface area (Å²) in [6.07, 6.45) is 13.8. The third-order valence-electron chi connectivity index (χ3n) is 6.55. The van der Waals surface area contributed by atoms with E-state index in [9.17, 15) is 14.0 Å². The summed E-state index contributed by atoms with van der Waals surface area (Å²) in [5.41, 5.74) is 4.90. The fourth-order valence-electron chi connectivity index (χ4n) is 4.50.